The van der Waals surface area contributed by atoms with E-state index in [1.807, 2.05) is 0 Å². The molecule has 0 unspecified atom stereocenters. The summed E-state index contributed by atoms with van der Waals surface area (Å²) < 4.78 is 37.2. The molecule has 1 aromatic heterocycles. The highest BCUT2D eigenvalue weighted by atomic mass is 19.4. The van der Waals surface area contributed by atoms with Crippen LogP contribution in [0.4, 0.5) is 13.2 Å². The van der Waals surface area contributed by atoms with Gasteiger partial charge in [0.15, 0.2) is 5.82 Å². The van der Waals surface area contributed by atoms with Gasteiger partial charge in [-0.15, -0.1) is 0 Å². The fourth-order valence-corrected chi connectivity index (χ4v) is 1.29. The van der Waals surface area contributed by atoms with Crippen molar-refractivity contribution in [2.24, 2.45) is 0 Å². The van der Waals surface area contributed by atoms with Crippen molar-refractivity contribution in [3.63, 3.8) is 0 Å². The zero-order valence-electron chi connectivity index (χ0n) is 9.15. The van der Waals surface area contributed by atoms with Gasteiger partial charge in [-0.1, -0.05) is 24.3 Å². The Bertz CT molecular complexity index is 548. The largest absolute Gasteiger partial charge is 0.433 e. The molecule has 0 aliphatic rings. The first-order chi connectivity index (χ1) is 8.55. The Kier molecular flexibility index (Phi) is 3.41. The summed E-state index contributed by atoms with van der Waals surface area (Å²) in [5, 5.41) is 0. The van der Waals surface area contributed by atoms with Crippen LogP contribution in [0.5, 0.6) is 0 Å². The van der Waals surface area contributed by atoms with Crippen LogP contribution in [0.15, 0.2) is 36.5 Å². The van der Waals surface area contributed by atoms with Crippen LogP contribution in [0.2, 0.25) is 0 Å². The second-order valence-electron chi connectivity index (χ2n) is 3.47. The summed E-state index contributed by atoms with van der Waals surface area (Å²) in [4.78, 5) is 7.19. The molecule has 91 valence electrons. The van der Waals surface area contributed by atoms with Gasteiger partial charge in [-0.05, 0) is 29.8 Å². The van der Waals surface area contributed by atoms with Crippen molar-refractivity contribution in [3.05, 3.63) is 59.7 Å². The minimum Gasteiger partial charge on any atom is -0.237 e. The summed E-state index contributed by atoms with van der Waals surface area (Å²) in [6.45, 7) is 0. The van der Waals surface area contributed by atoms with Crippen LogP contribution >= 0.6 is 0 Å². The number of halogens is 3. The van der Waals surface area contributed by atoms with E-state index in [0.717, 1.165) is 17.8 Å². The van der Waals surface area contributed by atoms with E-state index in [4.69, 9.17) is 0 Å². The molecule has 0 aliphatic heterocycles. The van der Waals surface area contributed by atoms with Crippen molar-refractivity contribution in [1.29, 1.82) is 0 Å². The Morgan fingerprint density at radius 1 is 1.17 bits per heavy atom. The van der Waals surface area contributed by atoms with Gasteiger partial charge in [0.1, 0.15) is 5.69 Å². The van der Waals surface area contributed by atoms with Crippen molar-refractivity contribution < 1.29 is 13.2 Å². The zero-order chi connectivity index (χ0) is 13.0. The minimum absolute atomic E-state index is 0.0219. The highest BCUT2D eigenvalue weighted by molar-refractivity contribution is 5.66. The zero-order valence-corrected chi connectivity index (χ0v) is 9.15. The predicted octanol–water partition coefficient (Wildman–Crippen LogP) is 3.47. The second-order valence-corrected chi connectivity index (χ2v) is 3.47. The van der Waals surface area contributed by atoms with Crippen LogP contribution in [-0.4, -0.2) is 9.97 Å². The third-order valence-electron chi connectivity index (χ3n) is 2.12. The molecule has 0 spiro atoms. The fourth-order valence-electron chi connectivity index (χ4n) is 1.29. The summed E-state index contributed by atoms with van der Waals surface area (Å²) in [6.07, 6.45) is -0.303. The molecule has 2 rings (SSSR count). The smallest absolute Gasteiger partial charge is 0.237 e. The molecule has 2 nitrogen and oxygen atoms in total. The topological polar surface area (TPSA) is 25.8 Å². The van der Waals surface area contributed by atoms with Crippen molar-refractivity contribution in [2.75, 3.05) is 0 Å². The number of alkyl halides is 3. The minimum atomic E-state index is -4.45. The molecule has 0 fully saturated rings. The first-order valence-electron chi connectivity index (χ1n) is 5.10. The number of hydrogen-bond acceptors (Lipinski definition) is 2. The monoisotopic (exact) mass is 249 g/mol. The first kappa shape index (κ1) is 12.3. The van der Waals surface area contributed by atoms with Gasteiger partial charge in [-0.25, -0.2) is 9.97 Å². The van der Waals surface area contributed by atoms with Crippen molar-refractivity contribution in [2.45, 2.75) is 6.18 Å². The van der Waals surface area contributed by atoms with Gasteiger partial charge >= 0.3 is 6.18 Å². The van der Waals surface area contributed by atoms with Crippen LogP contribution < -0.4 is 0 Å². The lowest BCUT2D eigenvalue weighted by Crippen LogP contribution is -2.08. The Morgan fingerprint density at radius 3 is 2.67 bits per heavy atom. The van der Waals surface area contributed by atoms with E-state index in [-0.39, 0.29) is 5.82 Å². The lowest BCUT2D eigenvalue weighted by Gasteiger charge is -2.04. The van der Waals surface area contributed by atoms with E-state index >= 15 is 0 Å². The Labute approximate surface area is 102 Å². The third kappa shape index (κ3) is 3.16. The number of nitrogens with zero attached hydrogens (tertiary/aromatic N) is 2. The molecule has 0 saturated carbocycles. The van der Waals surface area contributed by atoms with Gasteiger partial charge in [-0.2, -0.15) is 13.2 Å². The van der Waals surface area contributed by atoms with E-state index in [1.165, 1.54) is 6.08 Å². The average Bonchev–Trinajstić information content (AvgIpc) is 2.37. The maximum atomic E-state index is 12.4. The summed E-state index contributed by atoms with van der Waals surface area (Å²) >= 11 is 0. The number of hydrogen-bond donors (Lipinski definition) is 0. The number of aromatic nitrogens is 2. The van der Waals surface area contributed by atoms with Gasteiger partial charge < -0.3 is 0 Å². The Balaban J connectivity index is 2.23. The summed E-state index contributed by atoms with van der Waals surface area (Å²) in [7, 11) is 0. The fraction of sp³-hybridized carbons (Fsp3) is 0.0769. The quantitative estimate of drug-likeness (QED) is 0.814. The lowest BCUT2D eigenvalue weighted by atomic mass is 10.2. The number of benzene rings is 1. The molecule has 0 N–H and O–H groups in total. The van der Waals surface area contributed by atoms with E-state index in [2.05, 4.69) is 16.0 Å². The van der Waals surface area contributed by atoms with Crippen molar-refractivity contribution in [3.8, 4) is 0 Å². The highest BCUT2D eigenvalue weighted by Crippen LogP contribution is 2.27. The SMILES string of the molecule is FC(F)(F)c1ccnc(/C=C/c2c[c]ccc2)n1. The molecular formula is C13H8F3N2. The van der Waals surface area contributed by atoms with Crippen molar-refractivity contribution in [1.82, 2.24) is 9.97 Å². The number of rotatable bonds is 2. The van der Waals surface area contributed by atoms with Gasteiger partial charge in [0.2, 0.25) is 0 Å². The molecule has 1 aromatic carbocycles. The molecule has 0 bridgehead atoms. The van der Waals surface area contributed by atoms with Crippen LogP contribution in [0, 0.1) is 6.07 Å². The molecule has 5 heteroatoms. The normalized spacial score (nSPS) is 11.9. The van der Waals surface area contributed by atoms with E-state index in [9.17, 15) is 13.2 Å². The van der Waals surface area contributed by atoms with Crippen LogP contribution in [0.3, 0.4) is 0 Å². The van der Waals surface area contributed by atoms with E-state index in [1.54, 1.807) is 30.3 Å². The van der Waals surface area contributed by atoms with Crippen molar-refractivity contribution >= 4 is 12.2 Å². The maximum absolute atomic E-state index is 12.4. The third-order valence-corrected chi connectivity index (χ3v) is 2.12. The summed E-state index contributed by atoms with van der Waals surface area (Å²) in [5.74, 6) is 0.0219. The molecular weight excluding hydrogens is 241 g/mol. The van der Waals surface area contributed by atoms with E-state index < -0.39 is 11.9 Å². The van der Waals surface area contributed by atoms with Gasteiger partial charge in [0.05, 0.1) is 0 Å². The van der Waals surface area contributed by atoms with Gasteiger partial charge in [-0.3, -0.25) is 0 Å². The molecule has 0 atom stereocenters. The highest BCUT2D eigenvalue weighted by Gasteiger charge is 2.32. The molecule has 0 aliphatic carbocycles. The van der Waals surface area contributed by atoms with Crippen LogP contribution in [-0.2, 0) is 6.18 Å². The maximum Gasteiger partial charge on any atom is 0.433 e. The standard InChI is InChI=1S/C13H8F3N2/c14-13(15,16)11-8-9-17-12(18-11)7-6-10-4-2-1-3-5-10/h1-2,4-9H/b7-6+. The molecule has 1 heterocycles. The average molecular weight is 249 g/mol. The Hall–Kier alpha value is -2.17. The van der Waals surface area contributed by atoms with E-state index in [0.29, 0.717) is 0 Å². The Morgan fingerprint density at radius 2 is 2.00 bits per heavy atom. The summed E-state index contributed by atoms with van der Waals surface area (Å²) in [5.41, 5.74) is -0.129. The summed E-state index contributed by atoms with van der Waals surface area (Å²) in [6, 6.07) is 10.7. The predicted molar refractivity (Wildman–Crippen MR) is 61.2 cm³/mol. The molecule has 2 aromatic rings. The molecule has 0 amide bonds. The molecule has 0 saturated heterocycles. The van der Waals surface area contributed by atoms with Crippen LogP contribution in [0.1, 0.15) is 17.1 Å². The first-order valence-corrected chi connectivity index (χ1v) is 5.10. The second kappa shape index (κ2) is 5.00. The molecule has 18 heavy (non-hydrogen) atoms. The van der Waals surface area contributed by atoms with Gasteiger partial charge in [0.25, 0.3) is 0 Å². The lowest BCUT2D eigenvalue weighted by molar-refractivity contribution is -0.141. The van der Waals surface area contributed by atoms with Gasteiger partial charge in [0, 0.05) is 6.20 Å². The van der Waals surface area contributed by atoms with Crippen LogP contribution in [0.25, 0.3) is 12.2 Å². The molecule has 1 radical (unpaired) electrons.